The van der Waals surface area contributed by atoms with Crippen molar-refractivity contribution in [2.75, 3.05) is 6.61 Å². The average Bonchev–Trinajstić information content (AvgIpc) is 2.89. The van der Waals surface area contributed by atoms with Crippen molar-refractivity contribution in [1.29, 1.82) is 0 Å². The summed E-state index contributed by atoms with van der Waals surface area (Å²) in [6, 6.07) is 9.22. The lowest BCUT2D eigenvalue weighted by atomic mass is 9.99. The Morgan fingerprint density at radius 2 is 1.90 bits per heavy atom. The van der Waals surface area contributed by atoms with Crippen molar-refractivity contribution in [3.8, 4) is 5.88 Å². The fourth-order valence-electron chi connectivity index (χ4n) is 2.46. The lowest BCUT2D eigenvalue weighted by molar-refractivity contribution is -0.280. The molecule has 0 radical (unpaired) electrons. The maximum atomic E-state index is 10.0. The molecule has 0 bridgehead atoms. The number of aliphatic hydroxyl groups is 4. The highest BCUT2D eigenvalue weighted by atomic mass is 16.7. The van der Waals surface area contributed by atoms with Crippen molar-refractivity contribution in [2.45, 2.75) is 30.7 Å². The van der Waals surface area contributed by atoms with Crippen LogP contribution in [0.2, 0.25) is 0 Å². The maximum absolute atomic E-state index is 10.0. The molecule has 7 nitrogen and oxygen atoms in total. The fraction of sp³-hybridized carbons (Fsp3) is 0.429. The van der Waals surface area contributed by atoms with Crippen molar-refractivity contribution in [3.05, 3.63) is 30.3 Å². The molecule has 1 saturated heterocycles. The Morgan fingerprint density at radius 3 is 2.62 bits per heavy atom. The van der Waals surface area contributed by atoms with Crippen molar-refractivity contribution in [3.63, 3.8) is 0 Å². The fourth-order valence-corrected chi connectivity index (χ4v) is 2.46. The Labute approximate surface area is 120 Å². The van der Waals surface area contributed by atoms with Gasteiger partial charge in [-0.25, -0.2) is 0 Å². The van der Waals surface area contributed by atoms with Crippen molar-refractivity contribution in [1.82, 2.24) is 4.98 Å². The van der Waals surface area contributed by atoms with Crippen LogP contribution in [0.4, 0.5) is 0 Å². The molecule has 1 aliphatic heterocycles. The third kappa shape index (κ3) is 2.61. The van der Waals surface area contributed by atoms with Crippen LogP contribution >= 0.6 is 0 Å². The summed E-state index contributed by atoms with van der Waals surface area (Å²) in [5.41, 5.74) is 0.849. The molecular weight excluding hydrogens is 278 g/mol. The third-order valence-corrected chi connectivity index (χ3v) is 3.61. The number of fused-ring (bicyclic) bond motifs is 1. The molecule has 0 unspecified atom stereocenters. The molecule has 2 heterocycles. The van der Waals surface area contributed by atoms with Gasteiger partial charge in [0.05, 0.1) is 6.61 Å². The second kappa shape index (κ2) is 5.63. The van der Waals surface area contributed by atoms with Gasteiger partial charge < -0.3 is 34.9 Å². The van der Waals surface area contributed by atoms with Gasteiger partial charge in [0.2, 0.25) is 0 Å². The van der Waals surface area contributed by atoms with Gasteiger partial charge in [-0.2, -0.15) is 0 Å². The Balaban J connectivity index is 1.80. The van der Waals surface area contributed by atoms with E-state index < -0.39 is 37.3 Å². The van der Waals surface area contributed by atoms with Crippen LogP contribution in [0, 0.1) is 0 Å². The SMILES string of the molecule is OC[C@H]1O[C@@H](O)[C@H](Oc2cc3ccccc3[nH]2)[C@@H](O)[C@@H]1O. The predicted molar refractivity (Wildman–Crippen MR) is 72.7 cm³/mol. The van der Waals surface area contributed by atoms with Crippen LogP contribution < -0.4 is 4.74 Å². The normalized spacial score (nSPS) is 33.2. The minimum atomic E-state index is -1.45. The number of H-pyrrole nitrogens is 1. The minimum Gasteiger partial charge on any atom is -0.467 e. The van der Waals surface area contributed by atoms with Gasteiger partial charge in [0.15, 0.2) is 18.3 Å². The number of aliphatic hydroxyl groups excluding tert-OH is 4. The highest BCUT2D eigenvalue weighted by Gasteiger charge is 2.45. The van der Waals surface area contributed by atoms with Crippen LogP contribution in [-0.2, 0) is 4.74 Å². The molecule has 0 spiro atoms. The third-order valence-electron chi connectivity index (χ3n) is 3.61. The van der Waals surface area contributed by atoms with E-state index in [2.05, 4.69) is 4.98 Å². The van der Waals surface area contributed by atoms with Crippen molar-refractivity contribution < 1.29 is 29.9 Å². The average molecular weight is 295 g/mol. The van der Waals surface area contributed by atoms with Crippen LogP contribution in [0.15, 0.2) is 30.3 Å². The molecule has 5 N–H and O–H groups in total. The Hall–Kier alpha value is -1.64. The van der Waals surface area contributed by atoms with Gasteiger partial charge in [-0.1, -0.05) is 18.2 Å². The van der Waals surface area contributed by atoms with E-state index in [9.17, 15) is 15.3 Å². The van der Waals surface area contributed by atoms with Crippen LogP contribution in [-0.4, -0.2) is 62.7 Å². The van der Waals surface area contributed by atoms with E-state index in [1.54, 1.807) is 6.07 Å². The number of aromatic nitrogens is 1. The van der Waals surface area contributed by atoms with Gasteiger partial charge >= 0.3 is 0 Å². The summed E-state index contributed by atoms with van der Waals surface area (Å²) >= 11 is 0. The first kappa shape index (κ1) is 14.3. The molecule has 21 heavy (non-hydrogen) atoms. The largest absolute Gasteiger partial charge is 0.467 e. The molecule has 2 aromatic rings. The van der Waals surface area contributed by atoms with Crippen LogP contribution in [0.25, 0.3) is 10.9 Å². The number of rotatable bonds is 3. The number of hydrogen-bond acceptors (Lipinski definition) is 6. The quantitative estimate of drug-likeness (QED) is 0.514. The van der Waals surface area contributed by atoms with E-state index in [0.717, 1.165) is 10.9 Å². The first-order valence-electron chi connectivity index (χ1n) is 6.65. The maximum Gasteiger partial charge on any atom is 0.195 e. The van der Waals surface area contributed by atoms with Crippen LogP contribution in [0.1, 0.15) is 0 Å². The highest BCUT2D eigenvalue weighted by Crippen LogP contribution is 2.26. The first-order chi connectivity index (χ1) is 10.1. The van der Waals surface area contributed by atoms with E-state index in [1.165, 1.54) is 0 Å². The van der Waals surface area contributed by atoms with Crippen LogP contribution in [0.3, 0.4) is 0 Å². The number of benzene rings is 1. The number of ether oxygens (including phenoxy) is 2. The van der Waals surface area contributed by atoms with Crippen LogP contribution in [0.5, 0.6) is 5.88 Å². The smallest absolute Gasteiger partial charge is 0.195 e. The molecule has 1 aliphatic rings. The number of aromatic amines is 1. The van der Waals surface area contributed by atoms with Gasteiger partial charge in [0, 0.05) is 17.0 Å². The number of hydrogen-bond donors (Lipinski definition) is 5. The van der Waals surface area contributed by atoms with Gasteiger partial charge in [-0.3, -0.25) is 0 Å². The Morgan fingerprint density at radius 1 is 1.14 bits per heavy atom. The highest BCUT2D eigenvalue weighted by molar-refractivity contribution is 5.81. The van der Waals surface area contributed by atoms with E-state index >= 15 is 0 Å². The molecular formula is C14H17NO6. The second-order valence-electron chi connectivity index (χ2n) is 5.03. The molecule has 5 atom stereocenters. The summed E-state index contributed by atoms with van der Waals surface area (Å²) in [5, 5.41) is 39.6. The molecule has 1 aromatic heterocycles. The number of nitrogens with one attached hydrogen (secondary N) is 1. The zero-order chi connectivity index (χ0) is 15.0. The molecule has 0 amide bonds. The van der Waals surface area contributed by atoms with E-state index in [4.69, 9.17) is 14.6 Å². The van der Waals surface area contributed by atoms with E-state index in [1.807, 2.05) is 24.3 Å². The lowest BCUT2D eigenvalue weighted by Gasteiger charge is -2.39. The Kier molecular flexibility index (Phi) is 3.83. The topological polar surface area (TPSA) is 115 Å². The first-order valence-corrected chi connectivity index (χ1v) is 6.65. The summed E-state index contributed by atoms with van der Waals surface area (Å²) in [7, 11) is 0. The van der Waals surface area contributed by atoms with Gasteiger partial charge in [-0.05, 0) is 6.07 Å². The van der Waals surface area contributed by atoms with E-state index in [-0.39, 0.29) is 0 Å². The molecule has 114 valence electrons. The summed E-state index contributed by atoms with van der Waals surface area (Å²) < 4.78 is 10.5. The molecule has 0 aliphatic carbocycles. The summed E-state index contributed by atoms with van der Waals surface area (Å²) in [6.07, 6.45) is -6.37. The summed E-state index contributed by atoms with van der Waals surface area (Å²) in [6.45, 7) is -0.506. The zero-order valence-electron chi connectivity index (χ0n) is 11.1. The molecule has 0 saturated carbocycles. The Bertz CT molecular complexity index is 581. The van der Waals surface area contributed by atoms with Gasteiger partial charge in [0.1, 0.15) is 18.3 Å². The number of para-hydroxylation sites is 1. The predicted octanol–water partition coefficient (Wildman–Crippen LogP) is -0.653. The van der Waals surface area contributed by atoms with Gasteiger partial charge in [0.25, 0.3) is 0 Å². The van der Waals surface area contributed by atoms with Gasteiger partial charge in [-0.15, -0.1) is 0 Å². The minimum absolute atomic E-state index is 0.345. The monoisotopic (exact) mass is 295 g/mol. The molecule has 3 rings (SSSR count). The molecule has 7 heteroatoms. The zero-order valence-corrected chi connectivity index (χ0v) is 11.1. The second-order valence-corrected chi connectivity index (χ2v) is 5.03. The summed E-state index contributed by atoms with van der Waals surface area (Å²) in [4.78, 5) is 2.99. The molecule has 1 aromatic carbocycles. The van der Waals surface area contributed by atoms with Crippen molar-refractivity contribution in [2.24, 2.45) is 0 Å². The molecule has 1 fully saturated rings. The summed E-state index contributed by atoms with van der Waals surface area (Å²) in [5.74, 6) is 0.345. The standard InChI is InChI=1S/C14H17NO6/c16-6-9-11(17)12(18)13(14(19)20-9)21-10-5-7-3-1-2-4-8(7)15-10/h1-5,9,11-19H,6H2/t9-,11-,12+,13-,14-/m1/s1. The van der Waals surface area contributed by atoms with Crippen molar-refractivity contribution >= 4 is 10.9 Å². The lowest BCUT2D eigenvalue weighted by Crippen LogP contribution is -2.60. The van der Waals surface area contributed by atoms with E-state index in [0.29, 0.717) is 5.88 Å².